The first-order valence-corrected chi connectivity index (χ1v) is 5.95. The molecule has 0 aromatic rings. The van der Waals surface area contributed by atoms with Crippen LogP contribution in [0.25, 0.3) is 0 Å². The van der Waals surface area contributed by atoms with Crippen molar-refractivity contribution < 1.29 is 19.0 Å². The zero-order valence-corrected chi connectivity index (χ0v) is 10.9. The number of rotatable bonds is 9. The predicted octanol–water partition coefficient (Wildman–Crippen LogP) is 2.16. The Morgan fingerprint density at radius 1 is 1.12 bits per heavy atom. The maximum absolute atomic E-state index is 10.5. The van der Waals surface area contributed by atoms with E-state index in [1.165, 1.54) is 6.92 Å². The van der Waals surface area contributed by atoms with Crippen LogP contribution in [-0.2, 0) is 19.0 Å². The third kappa shape index (κ3) is 6.08. The maximum Gasteiger partial charge on any atom is 0.302 e. The van der Waals surface area contributed by atoms with Gasteiger partial charge in [0.05, 0.1) is 18.8 Å². The van der Waals surface area contributed by atoms with Crippen LogP contribution in [0, 0.1) is 0 Å². The summed E-state index contributed by atoms with van der Waals surface area (Å²) in [6, 6.07) is 0. The highest BCUT2D eigenvalue weighted by Crippen LogP contribution is 2.20. The van der Waals surface area contributed by atoms with Gasteiger partial charge in [0, 0.05) is 13.5 Å². The number of esters is 1. The van der Waals surface area contributed by atoms with Crippen LogP contribution in [0.3, 0.4) is 0 Å². The van der Waals surface area contributed by atoms with Crippen LogP contribution < -0.4 is 0 Å². The molecule has 4 nitrogen and oxygen atoms in total. The van der Waals surface area contributed by atoms with Crippen LogP contribution in [0.1, 0.15) is 40.5 Å². The Morgan fingerprint density at radius 2 is 1.75 bits per heavy atom. The minimum absolute atomic E-state index is 0.190. The molecular weight excluding hydrogens is 208 g/mol. The molecule has 0 rings (SSSR count). The molecule has 16 heavy (non-hydrogen) atoms. The maximum atomic E-state index is 10.5. The third-order valence-corrected chi connectivity index (χ3v) is 2.64. The second kappa shape index (κ2) is 8.53. The molecule has 0 unspecified atom stereocenters. The number of ether oxygens (including phenoxy) is 3. The molecule has 0 aliphatic heterocycles. The Hall–Kier alpha value is -0.610. The second-order valence-electron chi connectivity index (χ2n) is 3.72. The van der Waals surface area contributed by atoms with Gasteiger partial charge >= 0.3 is 5.97 Å². The quantitative estimate of drug-likeness (QED) is 0.451. The van der Waals surface area contributed by atoms with Crippen molar-refractivity contribution in [1.29, 1.82) is 0 Å². The van der Waals surface area contributed by atoms with Gasteiger partial charge in [0.2, 0.25) is 0 Å². The topological polar surface area (TPSA) is 44.8 Å². The van der Waals surface area contributed by atoms with Gasteiger partial charge in [0.1, 0.15) is 6.61 Å². The molecule has 0 aliphatic carbocycles. The second-order valence-corrected chi connectivity index (χ2v) is 3.72. The largest absolute Gasteiger partial charge is 0.463 e. The smallest absolute Gasteiger partial charge is 0.302 e. The summed E-state index contributed by atoms with van der Waals surface area (Å²) in [5, 5.41) is 0. The lowest BCUT2D eigenvalue weighted by Gasteiger charge is -2.31. The van der Waals surface area contributed by atoms with E-state index >= 15 is 0 Å². The van der Waals surface area contributed by atoms with Crippen molar-refractivity contribution in [2.24, 2.45) is 0 Å². The van der Waals surface area contributed by atoms with E-state index in [1.54, 1.807) is 0 Å². The molecule has 0 atom stereocenters. The average molecular weight is 232 g/mol. The molecule has 0 aromatic heterocycles. The lowest BCUT2D eigenvalue weighted by molar-refractivity contribution is -0.144. The summed E-state index contributed by atoms with van der Waals surface area (Å²) in [5.41, 5.74) is -0.190. The van der Waals surface area contributed by atoms with E-state index in [2.05, 4.69) is 13.8 Å². The molecule has 0 saturated carbocycles. The van der Waals surface area contributed by atoms with Crippen molar-refractivity contribution in [3.05, 3.63) is 0 Å². The summed E-state index contributed by atoms with van der Waals surface area (Å²) >= 11 is 0. The predicted molar refractivity (Wildman–Crippen MR) is 62.4 cm³/mol. The lowest BCUT2D eigenvalue weighted by atomic mass is 9.98. The van der Waals surface area contributed by atoms with Gasteiger partial charge < -0.3 is 14.2 Å². The molecule has 4 heteroatoms. The first kappa shape index (κ1) is 15.4. The molecule has 0 N–H and O–H groups in total. The highest BCUT2D eigenvalue weighted by molar-refractivity contribution is 5.65. The standard InChI is InChI=1S/C12H24O4/c1-5-12(6-2,16-7-3)10-14-8-9-15-11(4)13/h5-10H2,1-4H3. The lowest BCUT2D eigenvalue weighted by Crippen LogP contribution is -2.37. The van der Waals surface area contributed by atoms with E-state index in [4.69, 9.17) is 14.2 Å². The van der Waals surface area contributed by atoms with Crippen molar-refractivity contribution in [3.63, 3.8) is 0 Å². The normalized spacial score (nSPS) is 11.5. The van der Waals surface area contributed by atoms with Gasteiger partial charge in [-0.05, 0) is 19.8 Å². The zero-order valence-electron chi connectivity index (χ0n) is 10.9. The first-order chi connectivity index (χ1) is 7.60. The molecule has 0 aromatic carbocycles. The summed E-state index contributed by atoms with van der Waals surface area (Å²) in [7, 11) is 0. The van der Waals surface area contributed by atoms with Gasteiger partial charge in [0.25, 0.3) is 0 Å². The molecule has 0 radical (unpaired) electrons. The summed E-state index contributed by atoms with van der Waals surface area (Å²) in [6.07, 6.45) is 1.84. The van der Waals surface area contributed by atoms with E-state index in [0.717, 1.165) is 12.8 Å². The Kier molecular flexibility index (Phi) is 8.21. The summed E-state index contributed by atoms with van der Waals surface area (Å²) in [5.74, 6) is -0.273. The van der Waals surface area contributed by atoms with Crippen LogP contribution in [0.15, 0.2) is 0 Å². The molecule has 96 valence electrons. The van der Waals surface area contributed by atoms with Gasteiger partial charge in [-0.2, -0.15) is 0 Å². The molecule has 0 saturated heterocycles. The van der Waals surface area contributed by atoms with Crippen LogP contribution >= 0.6 is 0 Å². The van der Waals surface area contributed by atoms with Crippen LogP contribution in [0.4, 0.5) is 0 Å². The van der Waals surface area contributed by atoms with E-state index < -0.39 is 0 Å². The summed E-state index contributed by atoms with van der Waals surface area (Å²) in [6.45, 7) is 9.54. The number of hydrogen-bond acceptors (Lipinski definition) is 4. The van der Waals surface area contributed by atoms with Crippen molar-refractivity contribution in [3.8, 4) is 0 Å². The van der Waals surface area contributed by atoms with Gasteiger partial charge in [-0.3, -0.25) is 4.79 Å². The molecular formula is C12H24O4. The number of carbonyl (C=O) groups is 1. The Labute approximate surface area is 98.3 Å². The van der Waals surface area contributed by atoms with Crippen molar-refractivity contribution in [1.82, 2.24) is 0 Å². The van der Waals surface area contributed by atoms with Gasteiger partial charge in [-0.1, -0.05) is 13.8 Å². The van der Waals surface area contributed by atoms with Gasteiger partial charge in [-0.25, -0.2) is 0 Å². The monoisotopic (exact) mass is 232 g/mol. The van der Waals surface area contributed by atoms with E-state index in [9.17, 15) is 4.79 Å². The average Bonchev–Trinajstić information content (AvgIpc) is 2.27. The van der Waals surface area contributed by atoms with Crippen LogP contribution in [0.5, 0.6) is 0 Å². The third-order valence-electron chi connectivity index (χ3n) is 2.64. The van der Waals surface area contributed by atoms with Gasteiger partial charge in [0.15, 0.2) is 0 Å². The van der Waals surface area contributed by atoms with Crippen molar-refractivity contribution >= 4 is 5.97 Å². The van der Waals surface area contributed by atoms with Crippen LogP contribution in [0.2, 0.25) is 0 Å². The van der Waals surface area contributed by atoms with E-state index in [-0.39, 0.29) is 11.6 Å². The minimum atomic E-state index is -0.273. The first-order valence-electron chi connectivity index (χ1n) is 5.95. The Bertz CT molecular complexity index is 187. The van der Waals surface area contributed by atoms with Gasteiger partial charge in [-0.15, -0.1) is 0 Å². The zero-order chi connectivity index (χ0) is 12.4. The molecule has 0 fully saturated rings. The Balaban J connectivity index is 3.79. The number of hydrogen-bond donors (Lipinski definition) is 0. The van der Waals surface area contributed by atoms with E-state index in [1.807, 2.05) is 6.92 Å². The summed E-state index contributed by atoms with van der Waals surface area (Å²) < 4.78 is 16.0. The highest BCUT2D eigenvalue weighted by Gasteiger charge is 2.26. The molecule has 0 spiro atoms. The molecule has 0 bridgehead atoms. The van der Waals surface area contributed by atoms with E-state index in [0.29, 0.717) is 26.4 Å². The minimum Gasteiger partial charge on any atom is -0.463 e. The fraction of sp³-hybridized carbons (Fsp3) is 0.917. The summed E-state index contributed by atoms with van der Waals surface area (Å²) in [4.78, 5) is 10.5. The SMILES string of the molecule is CCOC(CC)(CC)COCCOC(C)=O. The van der Waals surface area contributed by atoms with Crippen LogP contribution in [-0.4, -0.2) is 38.0 Å². The number of carbonyl (C=O) groups excluding carboxylic acids is 1. The molecule has 0 amide bonds. The highest BCUT2D eigenvalue weighted by atomic mass is 16.6. The Morgan fingerprint density at radius 3 is 2.19 bits per heavy atom. The molecule has 0 aliphatic rings. The molecule has 0 heterocycles. The fourth-order valence-electron chi connectivity index (χ4n) is 1.51. The van der Waals surface area contributed by atoms with Crippen molar-refractivity contribution in [2.75, 3.05) is 26.4 Å². The fourth-order valence-corrected chi connectivity index (χ4v) is 1.51. The van der Waals surface area contributed by atoms with Crippen molar-refractivity contribution in [2.45, 2.75) is 46.1 Å².